The molecule has 0 spiro atoms. The van der Waals surface area contributed by atoms with Crippen LogP contribution in [0.4, 0.5) is 0 Å². The van der Waals surface area contributed by atoms with Gasteiger partial charge in [-0.05, 0) is 5.41 Å². The van der Waals surface area contributed by atoms with Crippen LogP contribution >= 0.6 is 11.8 Å². The molecular formula is C13H12N2OS. The molecule has 0 N–H and O–H groups in total. The summed E-state index contributed by atoms with van der Waals surface area (Å²) in [5.74, 6) is 0.172. The largest absolute Gasteiger partial charge is 0.322 e. The molecule has 0 fully saturated rings. The number of benzene rings is 1. The van der Waals surface area contributed by atoms with Crippen LogP contribution < -0.4 is 0 Å². The molecule has 2 aliphatic heterocycles. The number of amidine groups is 1. The van der Waals surface area contributed by atoms with E-state index in [1.165, 1.54) is 0 Å². The smallest absolute Gasteiger partial charge is 0.168 e. The lowest BCUT2D eigenvalue weighted by molar-refractivity contribution is 0.0988. The second-order valence-corrected chi connectivity index (χ2v) is 4.85. The SMILES string of the molecule is O=C(CC1=CSC2=NCCN12)c1ccccc1. The highest BCUT2D eigenvalue weighted by atomic mass is 32.2. The lowest BCUT2D eigenvalue weighted by atomic mass is 10.1. The third-order valence-corrected chi connectivity index (χ3v) is 3.84. The van der Waals surface area contributed by atoms with Crippen molar-refractivity contribution in [2.24, 2.45) is 4.99 Å². The van der Waals surface area contributed by atoms with Crippen LogP contribution in [0.3, 0.4) is 0 Å². The molecule has 2 heterocycles. The minimum Gasteiger partial charge on any atom is -0.322 e. The summed E-state index contributed by atoms with van der Waals surface area (Å²) in [6.45, 7) is 1.76. The van der Waals surface area contributed by atoms with Gasteiger partial charge in [0.05, 0.1) is 13.0 Å². The molecule has 0 bridgehead atoms. The van der Waals surface area contributed by atoms with E-state index in [0.717, 1.165) is 29.5 Å². The molecule has 86 valence electrons. The van der Waals surface area contributed by atoms with Gasteiger partial charge in [0, 0.05) is 17.8 Å². The van der Waals surface area contributed by atoms with E-state index in [-0.39, 0.29) is 5.78 Å². The highest BCUT2D eigenvalue weighted by Gasteiger charge is 2.27. The van der Waals surface area contributed by atoms with Crippen LogP contribution in [-0.2, 0) is 0 Å². The van der Waals surface area contributed by atoms with Crippen LogP contribution in [0, 0.1) is 0 Å². The lowest BCUT2D eigenvalue weighted by Gasteiger charge is -2.15. The van der Waals surface area contributed by atoms with E-state index < -0.39 is 0 Å². The molecule has 17 heavy (non-hydrogen) atoms. The van der Waals surface area contributed by atoms with Gasteiger partial charge >= 0.3 is 0 Å². The summed E-state index contributed by atoms with van der Waals surface area (Å²) < 4.78 is 0. The average Bonchev–Trinajstić information content (AvgIpc) is 2.95. The van der Waals surface area contributed by atoms with Gasteiger partial charge < -0.3 is 4.90 Å². The molecule has 0 saturated carbocycles. The van der Waals surface area contributed by atoms with Crippen LogP contribution in [0.5, 0.6) is 0 Å². The average molecular weight is 244 g/mol. The third kappa shape index (κ3) is 2.00. The minimum absolute atomic E-state index is 0.172. The molecule has 1 aromatic rings. The first-order valence-electron chi connectivity index (χ1n) is 5.60. The van der Waals surface area contributed by atoms with Crippen LogP contribution in [0.25, 0.3) is 0 Å². The van der Waals surface area contributed by atoms with E-state index in [0.29, 0.717) is 6.42 Å². The van der Waals surface area contributed by atoms with Gasteiger partial charge in [0.25, 0.3) is 0 Å². The van der Waals surface area contributed by atoms with Gasteiger partial charge in [0.2, 0.25) is 0 Å². The summed E-state index contributed by atoms with van der Waals surface area (Å²) in [7, 11) is 0. The van der Waals surface area contributed by atoms with E-state index in [1.807, 2.05) is 35.7 Å². The van der Waals surface area contributed by atoms with Gasteiger partial charge in [-0.15, -0.1) is 0 Å². The van der Waals surface area contributed by atoms with Gasteiger partial charge in [0.1, 0.15) is 0 Å². The Labute approximate surface area is 104 Å². The first-order chi connectivity index (χ1) is 8.34. The molecule has 0 aliphatic carbocycles. The van der Waals surface area contributed by atoms with Crippen LogP contribution in [0.2, 0.25) is 0 Å². The van der Waals surface area contributed by atoms with Crippen LogP contribution in [-0.4, -0.2) is 28.9 Å². The molecule has 1 aromatic carbocycles. The minimum atomic E-state index is 0.172. The van der Waals surface area contributed by atoms with Gasteiger partial charge in [-0.3, -0.25) is 9.79 Å². The Morgan fingerprint density at radius 2 is 2.18 bits per heavy atom. The molecule has 0 unspecified atom stereocenters. The van der Waals surface area contributed by atoms with Gasteiger partial charge in [-0.25, -0.2) is 0 Å². The fourth-order valence-electron chi connectivity index (χ4n) is 2.01. The number of rotatable bonds is 3. The first-order valence-corrected chi connectivity index (χ1v) is 6.48. The summed E-state index contributed by atoms with van der Waals surface area (Å²) in [5.41, 5.74) is 1.86. The molecule has 3 rings (SSSR count). The predicted molar refractivity (Wildman–Crippen MR) is 70.1 cm³/mol. The molecule has 3 nitrogen and oxygen atoms in total. The number of hydrogen-bond acceptors (Lipinski definition) is 4. The van der Waals surface area contributed by atoms with E-state index in [9.17, 15) is 4.79 Å². The summed E-state index contributed by atoms with van der Waals surface area (Å²) in [5, 5.41) is 3.08. The maximum Gasteiger partial charge on any atom is 0.168 e. The second-order valence-electron chi connectivity index (χ2n) is 4.01. The quantitative estimate of drug-likeness (QED) is 0.766. The van der Waals surface area contributed by atoms with Crippen molar-refractivity contribution in [3.05, 3.63) is 47.0 Å². The highest BCUT2D eigenvalue weighted by Crippen LogP contribution is 2.31. The Morgan fingerprint density at radius 1 is 1.35 bits per heavy atom. The van der Waals surface area contributed by atoms with Crippen LogP contribution in [0.15, 0.2) is 46.4 Å². The van der Waals surface area contributed by atoms with Crippen molar-refractivity contribution in [3.63, 3.8) is 0 Å². The molecule has 4 heteroatoms. The number of aliphatic imine (C=N–C) groups is 1. The van der Waals surface area contributed by atoms with Gasteiger partial charge in [0.15, 0.2) is 11.0 Å². The molecule has 0 radical (unpaired) electrons. The lowest BCUT2D eigenvalue weighted by Crippen LogP contribution is -2.22. The van der Waals surface area contributed by atoms with Crippen molar-refractivity contribution in [1.29, 1.82) is 0 Å². The van der Waals surface area contributed by atoms with Gasteiger partial charge in [-0.2, -0.15) is 0 Å². The summed E-state index contributed by atoms with van der Waals surface area (Å²) in [4.78, 5) is 18.6. The predicted octanol–water partition coefficient (Wildman–Crippen LogP) is 2.52. The zero-order valence-electron chi connectivity index (χ0n) is 9.30. The third-order valence-electron chi connectivity index (χ3n) is 2.89. The molecule has 0 atom stereocenters. The Hall–Kier alpha value is -1.55. The fourth-order valence-corrected chi connectivity index (χ4v) is 2.96. The van der Waals surface area contributed by atoms with Crippen molar-refractivity contribution in [2.75, 3.05) is 13.1 Å². The first kappa shape index (κ1) is 10.6. The normalized spacial score (nSPS) is 17.8. The maximum atomic E-state index is 12.1. The fraction of sp³-hybridized carbons (Fsp3) is 0.231. The summed E-state index contributed by atoms with van der Waals surface area (Å²) >= 11 is 1.62. The molecular weight excluding hydrogens is 232 g/mol. The number of allylic oxidation sites excluding steroid dienone is 1. The molecule has 2 aliphatic rings. The number of Topliss-reactive ketones (excluding diaryl/α,β-unsaturated/α-hetero) is 1. The number of ketones is 1. The topological polar surface area (TPSA) is 32.7 Å². The van der Waals surface area contributed by atoms with Gasteiger partial charge in [-0.1, -0.05) is 42.1 Å². The molecule has 0 aromatic heterocycles. The standard InChI is InChI=1S/C13H12N2OS/c16-12(10-4-2-1-3-5-10)8-11-9-17-13-14-6-7-15(11)13/h1-5,9H,6-8H2. The van der Waals surface area contributed by atoms with Crippen molar-refractivity contribution >= 4 is 22.7 Å². The van der Waals surface area contributed by atoms with Crippen LogP contribution in [0.1, 0.15) is 16.8 Å². The number of fused-ring (bicyclic) bond motifs is 1. The highest BCUT2D eigenvalue weighted by molar-refractivity contribution is 8.16. The van der Waals surface area contributed by atoms with E-state index in [4.69, 9.17) is 0 Å². The van der Waals surface area contributed by atoms with Crippen molar-refractivity contribution in [2.45, 2.75) is 6.42 Å². The Morgan fingerprint density at radius 3 is 3.00 bits per heavy atom. The molecule has 0 saturated heterocycles. The number of nitrogens with zero attached hydrogens (tertiary/aromatic N) is 2. The number of hydrogen-bond donors (Lipinski definition) is 0. The van der Waals surface area contributed by atoms with Crippen molar-refractivity contribution in [1.82, 2.24) is 4.90 Å². The zero-order chi connectivity index (χ0) is 11.7. The van der Waals surface area contributed by atoms with E-state index >= 15 is 0 Å². The number of carbonyl (C=O) groups excluding carboxylic acids is 1. The summed E-state index contributed by atoms with van der Waals surface area (Å²) in [6, 6.07) is 9.45. The van der Waals surface area contributed by atoms with E-state index in [1.54, 1.807) is 11.8 Å². The number of thioether (sulfide) groups is 1. The van der Waals surface area contributed by atoms with Crippen molar-refractivity contribution in [3.8, 4) is 0 Å². The zero-order valence-corrected chi connectivity index (χ0v) is 10.1. The Bertz CT molecular complexity index is 507. The van der Waals surface area contributed by atoms with Crippen molar-refractivity contribution < 1.29 is 4.79 Å². The summed E-state index contributed by atoms with van der Waals surface area (Å²) in [6.07, 6.45) is 0.468. The Balaban J connectivity index is 1.72. The van der Waals surface area contributed by atoms with E-state index in [2.05, 4.69) is 9.89 Å². The Kier molecular flexibility index (Phi) is 2.73. The number of carbonyl (C=O) groups is 1. The maximum absolute atomic E-state index is 12.1. The molecule has 0 amide bonds. The monoisotopic (exact) mass is 244 g/mol. The second kappa shape index (κ2) is 4.37.